The zero-order valence-corrected chi connectivity index (χ0v) is 14.2. The topological polar surface area (TPSA) is 73.1 Å². The van der Waals surface area contributed by atoms with Gasteiger partial charge in [-0.2, -0.15) is 5.10 Å². The number of hydrogen-bond donors (Lipinski definition) is 0. The Balaban J connectivity index is 1.75. The Kier molecular flexibility index (Phi) is 5.20. The van der Waals surface area contributed by atoms with E-state index in [0.29, 0.717) is 5.92 Å². The van der Waals surface area contributed by atoms with Crippen molar-refractivity contribution in [3.05, 3.63) is 30.5 Å². The van der Waals surface area contributed by atoms with E-state index in [1.54, 1.807) is 19.5 Å². The van der Waals surface area contributed by atoms with Crippen LogP contribution < -0.4 is 0 Å². The molecule has 0 N–H and O–H groups in total. The number of piperidine rings is 1. The number of methoxy groups -OCH3 is 1. The quantitative estimate of drug-likeness (QED) is 0.835. The molecule has 1 aliphatic heterocycles. The van der Waals surface area contributed by atoms with Gasteiger partial charge in [0.15, 0.2) is 0 Å². The van der Waals surface area contributed by atoms with Crippen molar-refractivity contribution in [3.63, 3.8) is 0 Å². The van der Waals surface area contributed by atoms with Crippen molar-refractivity contribution in [2.75, 3.05) is 26.8 Å². The van der Waals surface area contributed by atoms with Gasteiger partial charge in [0.05, 0.1) is 17.6 Å². The third-order valence-electron chi connectivity index (χ3n) is 4.46. The molecule has 0 atom stereocenters. The minimum atomic E-state index is 0.0551. The highest BCUT2D eigenvalue weighted by atomic mass is 16.5. The van der Waals surface area contributed by atoms with Crippen molar-refractivity contribution in [2.45, 2.75) is 32.2 Å². The number of likely N-dealkylation sites (tertiary alicyclic amines) is 1. The number of carbonyl (C=O) groups is 1. The van der Waals surface area contributed by atoms with Crippen LogP contribution in [-0.4, -0.2) is 57.4 Å². The summed E-state index contributed by atoms with van der Waals surface area (Å²) in [6, 6.07) is 0. The molecule has 1 amide bonds. The fraction of sp³-hybridized carbons (Fsp3) is 0.529. The SMILES string of the molecule is CCn1cc(-c2nccnc2C2CCN(C(=O)COC)CC2)cn1. The Labute approximate surface area is 141 Å². The summed E-state index contributed by atoms with van der Waals surface area (Å²) in [7, 11) is 1.55. The summed E-state index contributed by atoms with van der Waals surface area (Å²) in [5, 5.41) is 4.34. The maximum absolute atomic E-state index is 11.9. The molecular formula is C17H23N5O2. The van der Waals surface area contributed by atoms with Crippen LogP contribution in [0.15, 0.2) is 24.8 Å². The van der Waals surface area contributed by atoms with E-state index in [0.717, 1.165) is 49.4 Å². The second kappa shape index (κ2) is 7.53. The van der Waals surface area contributed by atoms with Gasteiger partial charge in [-0.15, -0.1) is 0 Å². The first-order valence-corrected chi connectivity index (χ1v) is 8.33. The highest BCUT2D eigenvalue weighted by molar-refractivity contribution is 5.77. The number of aryl methyl sites for hydroxylation is 1. The van der Waals surface area contributed by atoms with E-state index in [9.17, 15) is 4.79 Å². The molecule has 0 radical (unpaired) electrons. The summed E-state index contributed by atoms with van der Waals surface area (Å²) < 4.78 is 6.82. The summed E-state index contributed by atoms with van der Waals surface area (Å²) in [4.78, 5) is 22.9. The molecule has 0 spiro atoms. The van der Waals surface area contributed by atoms with Gasteiger partial charge in [-0.05, 0) is 19.8 Å². The van der Waals surface area contributed by atoms with Crippen molar-refractivity contribution >= 4 is 5.91 Å². The molecule has 1 fully saturated rings. The van der Waals surface area contributed by atoms with Crippen LogP contribution in [0, 0.1) is 0 Å². The first-order chi connectivity index (χ1) is 11.7. The maximum Gasteiger partial charge on any atom is 0.248 e. The molecule has 1 aliphatic rings. The van der Waals surface area contributed by atoms with E-state index in [-0.39, 0.29) is 12.5 Å². The van der Waals surface area contributed by atoms with Crippen LogP contribution in [-0.2, 0) is 16.1 Å². The molecule has 3 heterocycles. The van der Waals surface area contributed by atoms with Crippen molar-refractivity contribution in [3.8, 4) is 11.3 Å². The second-order valence-corrected chi connectivity index (χ2v) is 5.96. The van der Waals surface area contributed by atoms with E-state index < -0.39 is 0 Å². The van der Waals surface area contributed by atoms with Crippen LogP contribution in [0.3, 0.4) is 0 Å². The third-order valence-corrected chi connectivity index (χ3v) is 4.46. The molecule has 0 unspecified atom stereocenters. The number of nitrogens with zero attached hydrogens (tertiary/aromatic N) is 5. The first kappa shape index (κ1) is 16.6. The lowest BCUT2D eigenvalue weighted by Gasteiger charge is -2.32. The molecule has 2 aromatic rings. The minimum absolute atomic E-state index is 0.0551. The normalized spacial score (nSPS) is 15.7. The standard InChI is InChI=1S/C17H23N5O2/c1-3-22-11-14(10-20-22)17-16(18-6-7-19-17)13-4-8-21(9-5-13)15(23)12-24-2/h6-7,10-11,13H,3-5,8-9,12H2,1-2H3. The smallest absolute Gasteiger partial charge is 0.248 e. The number of aromatic nitrogens is 4. The van der Waals surface area contributed by atoms with Gasteiger partial charge < -0.3 is 9.64 Å². The molecule has 7 heteroatoms. The Morgan fingerprint density at radius 1 is 1.29 bits per heavy atom. The van der Waals surface area contributed by atoms with E-state index in [1.165, 1.54) is 0 Å². The lowest BCUT2D eigenvalue weighted by molar-refractivity contribution is -0.136. The van der Waals surface area contributed by atoms with Gasteiger partial charge in [-0.3, -0.25) is 19.4 Å². The summed E-state index contributed by atoms with van der Waals surface area (Å²) in [5.41, 5.74) is 2.91. The molecule has 3 rings (SSSR count). The summed E-state index contributed by atoms with van der Waals surface area (Å²) in [6.07, 6.45) is 9.09. The Bertz CT molecular complexity index is 692. The van der Waals surface area contributed by atoms with Gasteiger partial charge in [-0.1, -0.05) is 0 Å². The lowest BCUT2D eigenvalue weighted by atomic mass is 9.91. The monoisotopic (exact) mass is 329 g/mol. The number of ether oxygens (including phenoxy) is 1. The summed E-state index contributed by atoms with van der Waals surface area (Å²) in [6.45, 7) is 4.50. The molecule has 0 aromatic carbocycles. The van der Waals surface area contributed by atoms with Crippen LogP contribution in [0.2, 0.25) is 0 Å². The van der Waals surface area contributed by atoms with Gasteiger partial charge in [0.2, 0.25) is 5.91 Å². The first-order valence-electron chi connectivity index (χ1n) is 8.33. The van der Waals surface area contributed by atoms with Crippen molar-refractivity contribution in [1.29, 1.82) is 0 Å². The number of rotatable bonds is 5. The summed E-state index contributed by atoms with van der Waals surface area (Å²) in [5.74, 6) is 0.366. The average Bonchev–Trinajstić information content (AvgIpc) is 3.11. The number of amides is 1. The molecule has 1 saturated heterocycles. The van der Waals surface area contributed by atoms with Gasteiger partial charge in [0, 0.05) is 56.8 Å². The van der Waals surface area contributed by atoms with Gasteiger partial charge in [0.25, 0.3) is 0 Å². The molecule has 0 aliphatic carbocycles. The van der Waals surface area contributed by atoms with E-state index in [2.05, 4.69) is 22.0 Å². The third kappa shape index (κ3) is 3.46. The van der Waals surface area contributed by atoms with Crippen molar-refractivity contribution < 1.29 is 9.53 Å². The average molecular weight is 329 g/mol. The molecule has 128 valence electrons. The van der Waals surface area contributed by atoms with Crippen molar-refractivity contribution in [2.24, 2.45) is 0 Å². The zero-order chi connectivity index (χ0) is 16.9. The van der Waals surface area contributed by atoms with Gasteiger partial charge >= 0.3 is 0 Å². The van der Waals surface area contributed by atoms with Crippen LogP contribution in [0.5, 0.6) is 0 Å². The molecule has 0 bridgehead atoms. The number of carbonyl (C=O) groups excluding carboxylic acids is 1. The van der Waals surface area contributed by atoms with E-state index in [4.69, 9.17) is 4.74 Å². The van der Waals surface area contributed by atoms with E-state index >= 15 is 0 Å². The maximum atomic E-state index is 11.9. The highest BCUT2D eigenvalue weighted by Crippen LogP contribution is 2.32. The predicted molar refractivity (Wildman–Crippen MR) is 89.4 cm³/mol. The van der Waals surface area contributed by atoms with Crippen LogP contribution >= 0.6 is 0 Å². The van der Waals surface area contributed by atoms with Crippen LogP contribution in [0.4, 0.5) is 0 Å². The van der Waals surface area contributed by atoms with Gasteiger partial charge in [0.1, 0.15) is 6.61 Å². The fourth-order valence-electron chi connectivity index (χ4n) is 3.15. The van der Waals surface area contributed by atoms with Crippen LogP contribution in [0.1, 0.15) is 31.4 Å². The molecule has 0 saturated carbocycles. The Morgan fingerprint density at radius 3 is 2.71 bits per heavy atom. The van der Waals surface area contributed by atoms with E-state index in [1.807, 2.05) is 22.0 Å². The molecule has 24 heavy (non-hydrogen) atoms. The largest absolute Gasteiger partial charge is 0.375 e. The lowest BCUT2D eigenvalue weighted by Crippen LogP contribution is -2.40. The highest BCUT2D eigenvalue weighted by Gasteiger charge is 2.27. The molecule has 2 aromatic heterocycles. The zero-order valence-electron chi connectivity index (χ0n) is 14.2. The fourth-order valence-corrected chi connectivity index (χ4v) is 3.15. The Hall–Kier alpha value is -2.28. The Morgan fingerprint density at radius 2 is 2.04 bits per heavy atom. The minimum Gasteiger partial charge on any atom is -0.375 e. The van der Waals surface area contributed by atoms with Crippen molar-refractivity contribution in [1.82, 2.24) is 24.6 Å². The predicted octanol–water partition coefficient (Wildman–Crippen LogP) is 1.71. The van der Waals surface area contributed by atoms with Crippen LogP contribution in [0.25, 0.3) is 11.3 Å². The molecular weight excluding hydrogens is 306 g/mol. The second-order valence-electron chi connectivity index (χ2n) is 5.96. The summed E-state index contributed by atoms with van der Waals surface area (Å²) >= 11 is 0. The molecule has 7 nitrogen and oxygen atoms in total. The van der Waals surface area contributed by atoms with Gasteiger partial charge in [-0.25, -0.2) is 0 Å². The number of hydrogen-bond acceptors (Lipinski definition) is 5.